The fraction of sp³-hybridized carbons (Fsp3) is 0.926. The molecule has 0 radical (unpaired) electrons. The zero-order chi connectivity index (χ0) is 58.8. The summed E-state index contributed by atoms with van der Waals surface area (Å²) >= 11 is 0. The molecule has 0 spiro atoms. The van der Waals surface area contributed by atoms with Crippen LogP contribution in [0.25, 0.3) is 0 Å². The van der Waals surface area contributed by atoms with Gasteiger partial charge < -0.3 is 63.8 Å². The number of amides is 2. The van der Waals surface area contributed by atoms with Crippen LogP contribution in [-0.2, 0) is 77.2 Å². The molecule has 4 heterocycles. The number of rotatable bonds is 20. The molecule has 77 heavy (non-hydrogen) atoms. The monoisotopic (exact) mass is 1180 g/mol. The molecule has 0 saturated carbocycles. The Balaban J connectivity index is 1.54. The Bertz CT molecular complexity index is 1920. The predicted molar refractivity (Wildman–Crippen MR) is 299 cm³/mol. The molecule has 2 amide bonds. The summed E-state index contributed by atoms with van der Waals surface area (Å²) in [5.41, 5.74) is -6.52. The van der Waals surface area contributed by atoms with E-state index < -0.39 is 187 Å². The van der Waals surface area contributed by atoms with Crippen LogP contribution < -0.4 is 10.6 Å². The second-order valence-electron chi connectivity index (χ2n) is 25.8. The van der Waals surface area contributed by atoms with Crippen LogP contribution in [0, 0.1) is 28.6 Å². The summed E-state index contributed by atoms with van der Waals surface area (Å²) in [5, 5.41) is 40.8. The molecule has 4 aliphatic heterocycles. The van der Waals surface area contributed by atoms with Crippen molar-refractivity contribution in [2.75, 3.05) is 11.5 Å². The SMILES string of the molecule is CCC1OC(C(C)(C)C)C(NC(C)=O)C(OC2OC(C(=O)CS(=P)C(F)CC(F)S(=P)CC(=O)C3OC(OC4C(O)C(CC)OC(C(C)(C)C)C4NC(C)=O)C(C)C(C)C3OC(C)(C)C)C(OC(C)(C)C)C(O)C2O)C1C. The first-order valence-electron chi connectivity index (χ1n) is 27.2. The summed E-state index contributed by atoms with van der Waals surface area (Å²) < 4.78 is 84.2. The van der Waals surface area contributed by atoms with E-state index in [9.17, 15) is 34.5 Å². The summed E-state index contributed by atoms with van der Waals surface area (Å²) in [5.74, 6) is -4.01. The molecule has 17 nitrogen and oxygen atoms in total. The normalized spacial score (nSPS) is 38.2. The number of halogens is 2. The first kappa shape index (κ1) is 68.5. The quantitative estimate of drug-likeness (QED) is 0.0821. The molecule has 0 aliphatic carbocycles. The Morgan fingerprint density at radius 1 is 0.558 bits per heavy atom. The van der Waals surface area contributed by atoms with Crippen LogP contribution in [0.4, 0.5) is 8.78 Å². The maximum Gasteiger partial charge on any atom is 0.217 e. The topological polar surface area (TPSA) is 227 Å². The average molecular weight is 1180 g/mol. The maximum atomic E-state index is 16.4. The third-order valence-corrected chi connectivity index (χ3v) is 20.0. The van der Waals surface area contributed by atoms with Crippen LogP contribution in [0.15, 0.2) is 0 Å². The van der Waals surface area contributed by atoms with E-state index in [0.717, 1.165) is 0 Å². The van der Waals surface area contributed by atoms with E-state index in [2.05, 4.69) is 26.7 Å². The largest absolute Gasteiger partial charge is 0.388 e. The molecule has 0 aromatic carbocycles. The van der Waals surface area contributed by atoms with Gasteiger partial charge in [0, 0.05) is 32.1 Å². The minimum atomic E-state index is -1.95. The van der Waals surface area contributed by atoms with Gasteiger partial charge in [0.2, 0.25) is 11.8 Å². The van der Waals surface area contributed by atoms with E-state index in [1.54, 1.807) is 20.8 Å². The maximum absolute atomic E-state index is 16.4. The van der Waals surface area contributed by atoms with Crippen LogP contribution in [0.1, 0.15) is 151 Å². The molecule has 24 unspecified atom stereocenters. The number of hydrogen-bond donors (Lipinski definition) is 5. The number of alkyl halides is 2. The van der Waals surface area contributed by atoms with Crippen molar-refractivity contribution in [3.63, 3.8) is 0 Å². The van der Waals surface area contributed by atoms with Gasteiger partial charge in [-0.05, 0) is 71.1 Å². The van der Waals surface area contributed by atoms with E-state index in [4.69, 9.17) is 37.9 Å². The molecule has 4 saturated heterocycles. The van der Waals surface area contributed by atoms with Crippen molar-refractivity contribution < 1.29 is 81.2 Å². The van der Waals surface area contributed by atoms with E-state index in [1.807, 2.05) is 96.9 Å². The first-order chi connectivity index (χ1) is 35.2. The summed E-state index contributed by atoms with van der Waals surface area (Å²) in [6, 6.07) is -1.51. The van der Waals surface area contributed by atoms with E-state index in [0.29, 0.717) is 12.8 Å². The number of ketones is 2. The van der Waals surface area contributed by atoms with Crippen LogP contribution >= 0.6 is 16.0 Å². The summed E-state index contributed by atoms with van der Waals surface area (Å²) in [6.45, 7) is 34.7. The lowest BCUT2D eigenvalue weighted by Crippen LogP contribution is -2.68. The number of carbonyl (C=O) groups excluding carboxylic acids is 4. The van der Waals surface area contributed by atoms with E-state index in [-0.39, 0.29) is 29.8 Å². The number of Topliss-reactive ketones (excluding diaryl/α,β-unsaturated/α-hetero) is 2. The van der Waals surface area contributed by atoms with Gasteiger partial charge in [0.15, 0.2) is 24.1 Å². The Hall–Kier alpha value is -1.00. The van der Waals surface area contributed by atoms with Crippen molar-refractivity contribution in [3.05, 3.63) is 0 Å². The number of hydrogen-bond acceptors (Lipinski definition) is 15. The minimum absolute atomic E-state index is 0.317. The lowest BCUT2D eigenvalue weighted by molar-refractivity contribution is -0.330. The molecule has 4 fully saturated rings. The van der Waals surface area contributed by atoms with Gasteiger partial charge in [-0.25, -0.2) is 8.78 Å². The van der Waals surface area contributed by atoms with Crippen molar-refractivity contribution >= 4 is 59.6 Å². The first-order valence-corrected chi connectivity index (χ1v) is 32.6. The highest BCUT2D eigenvalue weighted by Gasteiger charge is 2.56. The highest BCUT2D eigenvalue weighted by atomic mass is 32.5. The second-order valence-corrected chi connectivity index (χ2v) is 32.3. The third-order valence-electron chi connectivity index (χ3n) is 14.8. The number of ether oxygens (including phenoxy) is 8. The molecular weight excluding hydrogens is 1080 g/mol. The summed E-state index contributed by atoms with van der Waals surface area (Å²) in [7, 11) is 3.62. The van der Waals surface area contributed by atoms with Crippen molar-refractivity contribution in [2.24, 2.45) is 28.6 Å². The Morgan fingerprint density at radius 3 is 1.39 bits per heavy atom. The number of aliphatic hydroxyl groups excluding tert-OH is 3. The van der Waals surface area contributed by atoms with Gasteiger partial charge in [-0.1, -0.05) is 92.2 Å². The van der Waals surface area contributed by atoms with Crippen LogP contribution in [0.5, 0.6) is 0 Å². The summed E-state index contributed by atoms with van der Waals surface area (Å²) in [6.07, 6.45) is -15.9. The highest BCUT2D eigenvalue weighted by molar-refractivity contribution is 8.17. The zero-order valence-corrected chi connectivity index (χ0v) is 52.7. The predicted octanol–water partition coefficient (Wildman–Crippen LogP) is 6.49. The molecule has 0 aromatic heterocycles. The Kier molecular flexibility index (Phi) is 24.5. The van der Waals surface area contributed by atoms with E-state index in [1.165, 1.54) is 13.8 Å². The molecule has 0 bridgehead atoms. The number of carbonyl (C=O) groups is 4. The smallest absolute Gasteiger partial charge is 0.217 e. The molecule has 448 valence electrons. The van der Waals surface area contributed by atoms with Gasteiger partial charge in [-0.15, -0.1) is 20.1 Å². The highest BCUT2D eigenvalue weighted by Crippen LogP contribution is 2.42. The van der Waals surface area contributed by atoms with Gasteiger partial charge in [0.1, 0.15) is 53.7 Å². The lowest BCUT2D eigenvalue weighted by Gasteiger charge is -2.52. The van der Waals surface area contributed by atoms with Crippen molar-refractivity contribution in [1.82, 2.24) is 10.6 Å². The molecule has 5 N–H and O–H groups in total. The van der Waals surface area contributed by atoms with E-state index >= 15 is 8.78 Å². The van der Waals surface area contributed by atoms with Crippen molar-refractivity contribution in [1.29, 1.82) is 0 Å². The minimum Gasteiger partial charge on any atom is -0.388 e. The van der Waals surface area contributed by atoms with Crippen molar-refractivity contribution in [2.45, 2.75) is 277 Å². The zero-order valence-electron chi connectivity index (χ0n) is 49.1. The standard InChI is InChI=1S/C54H96F2N2O15P2S2/c1-20-32-27(5)41(36(57-28(6)59)47(66-32)51(8,9)10)68-50-40(65)39(64)46(73-54(17,18)19)44(70-50)31(62)24-77(75)35(56)22-34(55)76(74)23-30(61)43-42(72-53(14,15)16)25(3)26(4)49(69-43)71-45-37(58-29(7)60)48(52(11,12)13)67-33(21-2)38(45)63/h25-27,32-50,63-65,74-75H,20-24H2,1-19H3,(H,57,59)(H,58,60). The van der Waals surface area contributed by atoms with Gasteiger partial charge in [0.05, 0.1) is 71.4 Å². The molecule has 24 atom stereocenters. The third kappa shape index (κ3) is 18.0. The van der Waals surface area contributed by atoms with Gasteiger partial charge in [0.25, 0.3) is 0 Å². The fourth-order valence-corrected chi connectivity index (χ4v) is 14.4. The van der Waals surface area contributed by atoms with Crippen molar-refractivity contribution in [3.8, 4) is 0 Å². The molecule has 4 aliphatic rings. The second kappa shape index (κ2) is 27.6. The molecular formula is C54H96F2N2O15P2S2. The summed E-state index contributed by atoms with van der Waals surface area (Å²) in [4.78, 5) is 54.0. The molecule has 23 heteroatoms. The van der Waals surface area contributed by atoms with Gasteiger partial charge >= 0.3 is 0 Å². The fourth-order valence-electron chi connectivity index (χ4n) is 10.8. The van der Waals surface area contributed by atoms with Crippen LogP contribution in [-0.4, -0.2) is 176 Å². The van der Waals surface area contributed by atoms with Crippen LogP contribution in [0.2, 0.25) is 0 Å². The molecule has 4 rings (SSSR count). The Labute approximate surface area is 466 Å². The molecule has 0 aromatic rings. The number of nitrogens with one attached hydrogen (secondary N) is 2. The van der Waals surface area contributed by atoms with Crippen LogP contribution in [0.3, 0.4) is 0 Å². The van der Waals surface area contributed by atoms with Gasteiger partial charge in [-0.2, -0.15) is 0 Å². The Morgan fingerprint density at radius 2 is 0.961 bits per heavy atom. The number of aliphatic hydroxyl groups is 3. The van der Waals surface area contributed by atoms with Gasteiger partial charge in [-0.3, -0.25) is 19.2 Å². The average Bonchev–Trinajstić information content (AvgIpc) is 3.28. The lowest BCUT2D eigenvalue weighted by atomic mass is 9.76.